The maximum Gasteiger partial charge on any atom is 0.237 e. The molecule has 1 amide bonds. The molecule has 0 spiro atoms. The minimum absolute atomic E-state index is 0.270. The lowest BCUT2D eigenvalue weighted by atomic mass is 10.3. The van der Waals surface area contributed by atoms with Gasteiger partial charge < -0.3 is 5.32 Å². The molecule has 0 saturated heterocycles. The lowest BCUT2D eigenvalue weighted by Crippen LogP contribution is -2.23. The fourth-order valence-corrected chi connectivity index (χ4v) is 4.57. The molecule has 4 aromatic rings. The molecule has 1 N–H and O–H groups in total. The van der Waals surface area contributed by atoms with Crippen molar-refractivity contribution in [2.24, 2.45) is 0 Å². The van der Waals surface area contributed by atoms with E-state index in [4.69, 9.17) is 34.8 Å². The number of hydrogen-bond donors (Lipinski definition) is 1. The highest BCUT2D eigenvalue weighted by molar-refractivity contribution is 8.00. The highest BCUT2D eigenvalue weighted by Crippen LogP contribution is 2.35. The molecule has 10 heteroatoms. The van der Waals surface area contributed by atoms with Crippen molar-refractivity contribution in [3.63, 3.8) is 0 Å². The fraction of sp³-hybridized carbons (Fsp3) is 0.100. The van der Waals surface area contributed by atoms with E-state index in [9.17, 15) is 4.79 Å². The summed E-state index contributed by atoms with van der Waals surface area (Å²) in [5, 5.41) is 9.05. The average molecular weight is 479 g/mol. The van der Waals surface area contributed by atoms with E-state index in [2.05, 4.69) is 20.4 Å². The number of halogens is 3. The molecule has 4 rings (SSSR count). The van der Waals surface area contributed by atoms with Gasteiger partial charge in [0, 0.05) is 5.02 Å². The Morgan fingerprint density at radius 2 is 1.80 bits per heavy atom. The molecule has 6 nitrogen and oxygen atoms in total. The number of amides is 1. The van der Waals surface area contributed by atoms with Crippen molar-refractivity contribution in [1.82, 2.24) is 19.7 Å². The van der Waals surface area contributed by atoms with Crippen LogP contribution in [0.4, 0.5) is 5.69 Å². The van der Waals surface area contributed by atoms with Crippen LogP contribution in [0.3, 0.4) is 0 Å². The molecule has 0 aliphatic carbocycles. The number of carbonyl (C=O) groups excluding carboxylic acids is 1. The van der Waals surface area contributed by atoms with Crippen LogP contribution in [0.15, 0.2) is 60.0 Å². The van der Waals surface area contributed by atoms with Gasteiger partial charge in [0.25, 0.3) is 0 Å². The van der Waals surface area contributed by atoms with Gasteiger partial charge in [0.05, 0.1) is 38.3 Å². The van der Waals surface area contributed by atoms with E-state index in [1.807, 2.05) is 30.3 Å². The zero-order valence-electron chi connectivity index (χ0n) is 15.5. The lowest BCUT2D eigenvalue weighted by molar-refractivity contribution is -0.115. The number of aromatic nitrogens is 4. The largest absolute Gasteiger partial charge is 0.323 e. The number of benzene rings is 2. The maximum absolute atomic E-state index is 12.7. The van der Waals surface area contributed by atoms with Crippen molar-refractivity contribution in [1.29, 1.82) is 0 Å². The standard InChI is InChI=1S/C20H14Cl3N5OS/c1-11(19(29)27-17-15(22)7-12(21)8-16(17)23)30-20-14-9-26-28(18(14)24-10-25-20)13-5-3-2-4-6-13/h2-11H,1H3,(H,27,29). The summed E-state index contributed by atoms with van der Waals surface area (Å²) in [6.07, 6.45) is 3.16. The van der Waals surface area contributed by atoms with Crippen LogP contribution in [-0.2, 0) is 4.79 Å². The van der Waals surface area contributed by atoms with Gasteiger partial charge in [-0.1, -0.05) is 64.8 Å². The predicted molar refractivity (Wildman–Crippen MR) is 122 cm³/mol. The van der Waals surface area contributed by atoms with Crippen LogP contribution in [0.1, 0.15) is 6.92 Å². The van der Waals surface area contributed by atoms with Gasteiger partial charge in [0.1, 0.15) is 11.4 Å². The Bertz CT molecular complexity index is 1210. The van der Waals surface area contributed by atoms with E-state index in [1.54, 1.807) is 17.8 Å². The van der Waals surface area contributed by atoms with Crippen molar-refractivity contribution in [3.8, 4) is 5.69 Å². The second-order valence-electron chi connectivity index (χ2n) is 6.30. The van der Waals surface area contributed by atoms with Crippen molar-refractivity contribution in [2.45, 2.75) is 17.2 Å². The Hall–Kier alpha value is -2.32. The SMILES string of the molecule is CC(Sc1ncnc2c1cnn2-c1ccccc1)C(=O)Nc1c(Cl)cc(Cl)cc1Cl. The number of para-hydroxylation sites is 1. The Kier molecular flexibility index (Phi) is 6.15. The smallest absolute Gasteiger partial charge is 0.237 e. The Balaban J connectivity index is 1.57. The van der Waals surface area contributed by atoms with Crippen LogP contribution in [0.2, 0.25) is 15.1 Å². The van der Waals surface area contributed by atoms with Crippen LogP contribution in [0.5, 0.6) is 0 Å². The van der Waals surface area contributed by atoms with E-state index < -0.39 is 5.25 Å². The number of rotatable bonds is 5. The molecule has 1 unspecified atom stereocenters. The van der Waals surface area contributed by atoms with Crippen LogP contribution < -0.4 is 5.32 Å². The van der Waals surface area contributed by atoms with E-state index in [-0.39, 0.29) is 16.0 Å². The van der Waals surface area contributed by atoms with E-state index >= 15 is 0 Å². The molecule has 0 saturated carbocycles. The minimum atomic E-state index is -0.481. The zero-order chi connectivity index (χ0) is 21.3. The Morgan fingerprint density at radius 1 is 1.10 bits per heavy atom. The molecule has 152 valence electrons. The van der Waals surface area contributed by atoms with Crippen molar-refractivity contribution in [3.05, 3.63) is 70.1 Å². The first kappa shape index (κ1) is 20.9. The fourth-order valence-electron chi connectivity index (χ4n) is 2.78. The summed E-state index contributed by atoms with van der Waals surface area (Å²) < 4.78 is 1.74. The van der Waals surface area contributed by atoms with Gasteiger partial charge in [0.2, 0.25) is 5.91 Å². The third kappa shape index (κ3) is 4.25. The summed E-state index contributed by atoms with van der Waals surface area (Å²) in [7, 11) is 0. The molecule has 1 atom stereocenters. The predicted octanol–water partition coefficient (Wildman–Crippen LogP) is 5.90. The quantitative estimate of drug-likeness (QED) is 0.286. The first-order valence-corrected chi connectivity index (χ1v) is 10.8. The maximum atomic E-state index is 12.7. The number of thioether (sulfide) groups is 1. The highest BCUT2D eigenvalue weighted by atomic mass is 35.5. The number of fused-ring (bicyclic) bond motifs is 1. The number of nitrogens with zero attached hydrogens (tertiary/aromatic N) is 4. The average Bonchev–Trinajstić information content (AvgIpc) is 3.16. The molecule has 0 aliphatic rings. The molecule has 0 aliphatic heterocycles. The summed E-state index contributed by atoms with van der Waals surface area (Å²) in [6, 6.07) is 12.7. The molecule has 2 aromatic carbocycles. The molecule has 30 heavy (non-hydrogen) atoms. The first-order valence-electron chi connectivity index (χ1n) is 8.80. The highest BCUT2D eigenvalue weighted by Gasteiger charge is 2.21. The van der Waals surface area contributed by atoms with Gasteiger partial charge in [-0.25, -0.2) is 14.6 Å². The second-order valence-corrected chi connectivity index (χ2v) is 8.88. The van der Waals surface area contributed by atoms with Gasteiger partial charge >= 0.3 is 0 Å². The van der Waals surface area contributed by atoms with Crippen molar-refractivity contribution >= 4 is 69.2 Å². The van der Waals surface area contributed by atoms with Crippen molar-refractivity contribution < 1.29 is 4.79 Å². The van der Waals surface area contributed by atoms with Crippen LogP contribution in [0.25, 0.3) is 16.7 Å². The zero-order valence-corrected chi connectivity index (χ0v) is 18.6. The Morgan fingerprint density at radius 3 is 2.50 bits per heavy atom. The van der Waals surface area contributed by atoms with E-state index in [0.717, 1.165) is 11.1 Å². The summed E-state index contributed by atoms with van der Waals surface area (Å²) in [4.78, 5) is 21.4. The lowest BCUT2D eigenvalue weighted by Gasteiger charge is -2.14. The van der Waals surface area contributed by atoms with E-state index in [1.165, 1.54) is 30.2 Å². The molecule has 0 radical (unpaired) electrons. The number of hydrogen-bond acceptors (Lipinski definition) is 5. The molecular weight excluding hydrogens is 465 g/mol. The van der Waals surface area contributed by atoms with Gasteiger partial charge in [-0.15, -0.1) is 0 Å². The third-order valence-electron chi connectivity index (χ3n) is 4.24. The minimum Gasteiger partial charge on any atom is -0.323 e. The second kappa shape index (κ2) is 8.81. The van der Waals surface area contributed by atoms with E-state index in [0.29, 0.717) is 21.4 Å². The van der Waals surface area contributed by atoms with Gasteiger partial charge in [-0.3, -0.25) is 4.79 Å². The molecule has 2 aromatic heterocycles. The van der Waals surface area contributed by atoms with Gasteiger partial charge in [-0.05, 0) is 31.2 Å². The number of nitrogens with one attached hydrogen (secondary N) is 1. The monoisotopic (exact) mass is 477 g/mol. The van der Waals surface area contributed by atoms with Gasteiger partial charge in [-0.2, -0.15) is 5.10 Å². The third-order valence-corrected chi connectivity index (χ3v) is 6.17. The number of anilines is 1. The molecular formula is C20H14Cl3N5OS. The van der Waals surface area contributed by atoms with Crippen LogP contribution in [0, 0.1) is 0 Å². The molecule has 0 bridgehead atoms. The summed E-state index contributed by atoms with van der Waals surface area (Å²) in [6.45, 7) is 1.77. The Labute approximate surface area is 191 Å². The molecule has 0 fully saturated rings. The number of carbonyl (C=O) groups is 1. The normalized spacial score (nSPS) is 12.1. The van der Waals surface area contributed by atoms with Crippen LogP contribution in [-0.4, -0.2) is 30.9 Å². The molecule has 2 heterocycles. The van der Waals surface area contributed by atoms with Crippen LogP contribution >= 0.6 is 46.6 Å². The summed E-state index contributed by atoms with van der Waals surface area (Å²) in [5.74, 6) is -0.270. The summed E-state index contributed by atoms with van der Waals surface area (Å²) >= 11 is 19.5. The van der Waals surface area contributed by atoms with Gasteiger partial charge in [0.15, 0.2) is 5.65 Å². The summed E-state index contributed by atoms with van der Waals surface area (Å²) in [5.41, 5.74) is 1.87. The van der Waals surface area contributed by atoms with Crippen molar-refractivity contribution in [2.75, 3.05) is 5.32 Å². The topological polar surface area (TPSA) is 72.7 Å². The first-order chi connectivity index (χ1) is 14.4.